The SMILES string of the molecule is CCCNCCN(C)CCF. The predicted octanol–water partition coefficient (Wildman–Crippen LogP) is 0.887. The summed E-state index contributed by atoms with van der Waals surface area (Å²) >= 11 is 0. The highest BCUT2D eigenvalue weighted by molar-refractivity contribution is 4.53. The van der Waals surface area contributed by atoms with Crippen molar-refractivity contribution in [3.63, 3.8) is 0 Å². The molecule has 0 radical (unpaired) electrons. The van der Waals surface area contributed by atoms with Gasteiger partial charge in [-0.15, -0.1) is 0 Å². The van der Waals surface area contributed by atoms with Crippen molar-refractivity contribution in [1.29, 1.82) is 0 Å². The van der Waals surface area contributed by atoms with Gasteiger partial charge in [0.1, 0.15) is 6.67 Å². The number of hydrogen-bond donors (Lipinski definition) is 1. The third kappa shape index (κ3) is 7.75. The fourth-order valence-corrected chi connectivity index (χ4v) is 0.828. The van der Waals surface area contributed by atoms with E-state index in [-0.39, 0.29) is 6.67 Å². The molecule has 0 atom stereocenters. The number of halogens is 1. The molecule has 0 aromatic carbocycles. The van der Waals surface area contributed by atoms with Gasteiger partial charge in [0.05, 0.1) is 0 Å². The fourth-order valence-electron chi connectivity index (χ4n) is 0.828. The zero-order valence-corrected chi connectivity index (χ0v) is 7.57. The predicted molar refractivity (Wildman–Crippen MR) is 46.6 cm³/mol. The Morgan fingerprint density at radius 1 is 1.27 bits per heavy atom. The number of rotatable bonds is 7. The van der Waals surface area contributed by atoms with E-state index < -0.39 is 0 Å². The van der Waals surface area contributed by atoms with Crippen LogP contribution in [0, 0.1) is 0 Å². The van der Waals surface area contributed by atoms with Crippen molar-refractivity contribution in [3.8, 4) is 0 Å². The van der Waals surface area contributed by atoms with Crippen LogP contribution in [0.5, 0.6) is 0 Å². The Kier molecular flexibility index (Phi) is 7.84. The molecule has 0 aromatic heterocycles. The molecule has 0 rings (SSSR count). The van der Waals surface area contributed by atoms with Gasteiger partial charge >= 0.3 is 0 Å². The topological polar surface area (TPSA) is 15.3 Å². The van der Waals surface area contributed by atoms with Crippen molar-refractivity contribution < 1.29 is 4.39 Å². The van der Waals surface area contributed by atoms with Gasteiger partial charge in [0.25, 0.3) is 0 Å². The highest BCUT2D eigenvalue weighted by Crippen LogP contribution is 1.80. The van der Waals surface area contributed by atoms with Crippen LogP contribution < -0.4 is 5.32 Å². The lowest BCUT2D eigenvalue weighted by Crippen LogP contribution is -2.30. The Bertz CT molecular complexity index is 78.5. The van der Waals surface area contributed by atoms with E-state index in [0.29, 0.717) is 6.54 Å². The van der Waals surface area contributed by atoms with E-state index in [1.165, 1.54) is 0 Å². The lowest BCUT2D eigenvalue weighted by atomic mass is 10.4. The maximum absolute atomic E-state index is 11.8. The largest absolute Gasteiger partial charge is 0.315 e. The first-order chi connectivity index (χ1) is 5.31. The minimum Gasteiger partial charge on any atom is -0.315 e. The molecule has 0 heterocycles. The van der Waals surface area contributed by atoms with Crippen LogP contribution in [0.1, 0.15) is 13.3 Å². The molecule has 0 aliphatic rings. The van der Waals surface area contributed by atoms with Gasteiger partial charge in [0.15, 0.2) is 0 Å². The van der Waals surface area contributed by atoms with Crippen molar-refractivity contribution in [1.82, 2.24) is 10.2 Å². The van der Waals surface area contributed by atoms with E-state index >= 15 is 0 Å². The summed E-state index contributed by atoms with van der Waals surface area (Å²) in [6, 6.07) is 0. The summed E-state index contributed by atoms with van der Waals surface area (Å²) in [7, 11) is 1.94. The second kappa shape index (κ2) is 7.95. The summed E-state index contributed by atoms with van der Waals surface area (Å²) in [6.07, 6.45) is 1.16. The molecule has 3 heteroatoms. The summed E-state index contributed by atoms with van der Waals surface area (Å²) in [5, 5.41) is 3.26. The Labute approximate surface area is 68.8 Å². The molecule has 0 spiro atoms. The summed E-state index contributed by atoms with van der Waals surface area (Å²) in [4.78, 5) is 1.99. The molecule has 0 aliphatic carbocycles. The van der Waals surface area contributed by atoms with E-state index in [1.54, 1.807) is 0 Å². The fraction of sp³-hybridized carbons (Fsp3) is 1.00. The Morgan fingerprint density at radius 2 is 2.00 bits per heavy atom. The van der Waals surface area contributed by atoms with E-state index in [9.17, 15) is 4.39 Å². The average molecular weight is 162 g/mol. The summed E-state index contributed by atoms with van der Waals surface area (Å²) in [5.74, 6) is 0. The van der Waals surface area contributed by atoms with Crippen LogP contribution in [0.3, 0.4) is 0 Å². The van der Waals surface area contributed by atoms with Crippen LogP contribution in [-0.2, 0) is 0 Å². The second-order valence-electron chi connectivity index (χ2n) is 2.74. The first-order valence-electron chi connectivity index (χ1n) is 4.26. The van der Waals surface area contributed by atoms with Gasteiger partial charge in [-0.3, -0.25) is 0 Å². The Balaban J connectivity index is 2.97. The normalized spacial score (nSPS) is 10.9. The van der Waals surface area contributed by atoms with Crippen molar-refractivity contribution in [3.05, 3.63) is 0 Å². The molecule has 0 fully saturated rings. The smallest absolute Gasteiger partial charge is 0.102 e. The molecular weight excluding hydrogens is 143 g/mol. The van der Waals surface area contributed by atoms with Crippen LogP contribution in [0.15, 0.2) is 0 Å². The van der Waals surface area contributed by atoms with Crippen molar-refractivity contribution in [2.24, 2.45) is 0 Å². The van der Waals surface area contributed by atoms with Gasteiger partial charge in [-0.25, -0.2) is 4.39 Å². The van der Waals surface area contributed by atoms with Crippen molar-refractivity contribution in [2.75, 3.05) is 39.9 Å². The lowest BCUT2D eigenvalue weighted by molar-refractivity contribution is 0.294. The van der Waals surface area contributed by atoms with E-state index in [0.717, 1.165) is 26.1 Å². The van der Waals surface area contributed by atoms with Gasteiger partial charge in [-0.2, -0.15) is 0 Å². The van der Waals surface area contributed by atoms with Gasteiger partial charge in [-0.1, -0.05) is 6.92 Å². The third-order valence-corrected chi connectivity index (χ3v) is 1.56. The first-order valence-corrected chi connectivity index (χ1v) is 4.26. The minimum atomic E-state index is -0.246. The van der Waals surface area contributed by atoms with Crippen LogP contribution >= 0.6 is 0 Å². The molecule has 0 saturated heterocycles. The van der Waals surface area contributed by atoms with Crippen molar-refractivity contribution in [2.45, 2.75) is 13.3 Å². The molecule has 0 amide bonds. The van der Waals surface area contributed by atoms with Gasteiger partial charge < -0.3 is 10.2 Å². The summed E-state index contributed by atoms with van der Waals surface area (Å²) < 4.78 is 11.8. The van der Waals surface area contributed by atoms with Crippen LogP contribution in [0.25, 0.3) is 0 Å². The third-order valence-electron chi connectivity index (χ3n) is 1.56. The van der Waals surface area contributed by atoms with Gasteiger partial charge in [-0.05, 0) is 20.0 Å². The first kappa shape index (κ1) is 10.8. The van der Waals surface area contributed by atoms with Gasteiger partial charge in [0.2, 0.25) is 0 Å². The second-order valence-corrected chi connectivity index (χ2v) is 2.74. The standard InChI is InChI=1S/C8H19FN2/c1-3-5-10-6-8-11(2)7-4-9/h10H,3-8H2,1-2H3. The molecule has 1 N–H and O–H groups in total. The highest BCUT2D eigenvalue weighted by atomic mass is 19.1. The lowest BCUT2D eigenvalue weighted by Gasteiger charge is -2.14. The average Bonchev–Trinajstić information content (AvgIpc) is 1.99. The van der Waals surface area contributed by atoms with E-state index in [1.807, 2.05) is 11.9 Å². The molecular formula is C8H19FN2. The van der Waals surface area contributed by atoms with Crippen LogP contribution in [0.2, 0.25) is 0 Å². The highest BCUT2D eigenvalue weighted by Gasteiger charge is 1.94. The Hall–Kier alpha value is -0.150. The molecule has 11 heavy (non-hydrogen) atoms. The molecule has 68 valence electrons. The number of nitrogens with zero attached hydrogens (tertiary/aromatic N) is 1. The zero-order chi connectivity index (χ0) is 8.53. The number of hydrogen-bond acceptors (Lipinski definition) is 2. The quantitative estimate of drug-likeness (QED) is 0.559. The van der Waals surface area contributed by atoms with Gasteiger partial charge in [0, 0.05) is 19.6 Å². The molecule has 0 aromatic rings. The maximum Gasteiger partial charge on any atom is 0.102 e. The summed E-state index contributed by atoms with van der Waals surface area (Å²) in [6.45, 7) is 5.40. The maximum atomic E-state index is 11.8. The van der Waals surface area contributed by atoms with Crippen LogP contribution in [-0.4, -0.2) is 44.8 Å². The minimum absolute atomic E-state index is 0.246. The number of alkyl halides is 1. The monoisotopic (exact) mass is 162 g/mol. The number of nitrogens with one attached hydrogen (secondary N) is 1. The van der Waals surface area contributed by atoms with E-state index in [4.69, 9.17) is 0 Å². The molecule has 0 bridgehead atoms. The molecule has 0 saturated carbocycles. The van der Waals surface area contributed by atoms with E-state index in [2.05, 4.69) is 12.2 Å². The van der Waals surface area contributed by atoms with Crippen molar-refractivity contribution >= 4 is 0 Å². The Morgan fingerprint density at radius 3 is 2.55 bits per heavy atom. The number of likely N-dealkylation sites (N-methyl/N-ethyl adjacent to an activating group) is 1. The molecule has 2 nitrogen and oxygen atoms in total. The van der Waals surface area contributed by atoms with Crippen LogP contribution in [0.4, 0.5) is 4.39 Å². The molecule has 0 aliphatic heterocycles. The zero-order valence-electron chi connectivity index (χ0n) is 7.57. The molecule has 0 unspecified atom stereocenters. The summed E-state index contributed by atoms with van der Waals surface area (Å²) in [5.41, 5.74) is 0.